The monoisotopic (exact) mass is 366 g/mol. The first-order chi connectivity index (χ1) is 13.0. The lowest BCUT2D eigenvalue weighted by molar-refractivity contribution is -0.138. The molecule has 4 heterocycles. The Morgan fingerprint density at radius 3 is 2.78 bits per heavy atom. The van der Waals surface area contributed by atoms with Crippen LogP contribution in [0.25, 0.3) is 0 Å². The number of amides is 1. The number of aromatic nitrogens is 4. The summed E-state index contributed by atoms with van der Waals surface area (Å²) < 4.78 is 0. The highest BCUT2D eigenvalue weighted by Crippen LogP contribution is 2.40. The van der Waals surface area contributed by atoms with Crippen LogP contribution in [0.5, 0.6) is 0 Å². The molecular formula is C20H26N6O. The van der Waals surface area contributed by atoms with Crippen LogP contribution < -0.4 is 4.90 Å². The lowest BCUT2D eigenvalue weighted by Gasteiger charge is -2.48. The standard InChI is InChI=1S/C20H26N6O/c1-15-10-23-17(11-22-15)12-26-14-20(7-4-19(26)27)6-3-9-25(13-20)18-5-8-21-16(2)24-18/h5,8,10-11H,3-4,6-7,9,12-14H2,1-2H3. The van der Waals surface area contributed by atoms with E-state index >= 15 is 0 Å². The van der Waals surface area contributed by atoms with Crippen LogP contribution in [0.4, 0.5) is 5.82 Å². The number of anilines is 1. The Hall–Kier alpha value is -2.57. The van der Waals surface area contributed by atoms with E-state index in [0.717, 1.165) is 61.9 Å². The van der Waals surface area contributed by atoms with Gasteiger partial charge in [0.15, 0.2) is 0 Å². The van der Waals surface area contributed by atoms with Gasteiger partial charge in [-0.15, -0.1) is 0 Å². The van der Waals surface area contributed by atoms with Crippen molar-refractivity contribution in [3.05, 3.63) is 41.9 Å². The third-order valence-corrected chi connectivity index (χ3v) is 5.68. The van der Waals surface area contributed by atoms with Crippen LogP contribution in [0.3, 0.4) is 0 Å². The number of hydrogen-bond acceptors (Lipinski definition) is 6. The molecule has 2 aromatic heterocycles. The third-order valence-electron chi connectivity index (χ3n) is 5.68. The van der Waals surface area contributed by atoms with Crippen LogP contribution in [-0.4, -0.2) is 50.4 Å². The van der Waals surface area contributed by atoms with E-state index < -0.39 is 0 Å². The van der Waals surface area contributed by atoms with Crippen molar-refractivity contribution in [2.75, 3.05) is 24.5 Å². The molecule has 7 heteroatoms. The van der Waals surface area contributed by atoms with Gasteiger partial charge in [0.05, 0.1) is 24.1 Å². The van der Waals surface area contributed by atoms with Gasteiger partial charge >= 0.3 is 0 Å². The predicted octanol–water partition coefficient (Wildman–Crippen LogP) is 2.29. The smallest absolute Gasteiger partial charge is 0.222 e. The second-order valence-corrected chi connectivity index (χ2v) is 7.89. The molecule has 2 aliphatic heterocycles. The van der Waals surface area contributed by atoms with Crippen LogP contribution in [0.15, 0.2) is 24.7 Å². The summed E-state index contributed by atoms with van der Waals surface area (Å²) in [5.41, 5.74) is 1.87. The van der Waals surface area contributed by atoms with Crippen molar-refractivity contribution in [1.82, 2.24) is 24.8 Å². The van der Waals surface area contributed by atoms with Gasteiger partial charge in [0.2, 0.25) is 5.91 Å². The molecule has 0 aliphatic carbocycles. The largest absolute Gasteiger partial charge is 0.356 e. The molecule has 7 nitrogen and oxygen atoms in total. The summed E-state index contributed by atoms with van der Waals surface area (Å²) in [6.45, 7) is 7.11. The van der Waals surface area contributed by atoms with Crippen LogP contribution in [0.1, 0.15) is 42.9 Å². The first-order valence-corrected chi connectivity index (χ1v) is 9.63. The van der Waals surface area contributed by atoms with E-state index in [9.17, 15) is 4.79 Å². The zero-order chi connectivity index (χ0) is 18.9. The summed E-state index contributed by atoms with van der Waals surface area (Å²) in [5, 5.41) is 0. The van der Waals surface area contributed by atoms with Gasteiger partial charge in [0.25, 0.3) is 0 Å². The summed E-state index contributed by atoms with van der Waals surface area (Å²) in [7, 11) is 0. The first kappa shape index (κ1) is 17.8. The number of likely N-dealkylation sites (tertiary alicyclic amines) is 1. The summed E-state index contributed by atoms with van der Waals surface area (Å²) in [6, 6.07) is 1.99. The lowest BCUT2D eigenvalue weighted by atomic mass is 9.73. The molecule has 0 N–H and O–H groups in total. The maximum absolute atomic E-state index is 12.5. The zero-order valence-corrected chi connectivity index (χ0v) is 16.1. The Balaban J connectivity index is 1.50. The van der Waals surface area contributed by atoms with Crippen molar-refractivity contribution in [3.8, 4) is 0 Å². The number of piperidine rings is 2. The van der Waals surface area contributed by atoms with Crippen molar-refractivity contribution in [3.63, 3.8) is 0 Å². The number of hydrogen-bond donors (Lipinski definition) is 0. The summed E-state index contributed by atoms with van der Waals surface area (Å²) >= 11 is 0. The van der Waals surface area contributed by atoms with Crippen LogP contribution in [0, 0.1) is 19.3 Å². The number of rotatable bonds is 3. The van der Waals surface area contributed by atoms with Gasteiger partial charge in [-0.2, -0.15) is 0 Å². The molecule has 142 valence electrons. The molecule has 27 heavy (non-hydrogen) atoms. The molecular weight excluding hydrogens is 340 g/mol. The fraction of sp³-hybridized carbons (Fsp3) is 0.550. The van der Waals surface area contributed by atoms with Gasteiger partial charge in [0.1, 0.15) is 11.6 Å². The number of aryl methyl sites for hydroxylation is 2. The average molecular weight is 366 g/mol. The van der Waals surface area contributed by atoms with E-state index in [4.69, 9.17) is 0 Å². The normalized spacial score (nSPS) is 23.1. The van der Waals surface area contributed by atoms with Gasteiger partial charge < -0.3 is 9.80 Å². The highest BCUT2D eigenvalue weighted by molar-refractivity contribution is 5.77. The highest BCUT2D eigenvalue weighted by Gasteiger charge is 2.42. The van der Waals surface area contributed by atoms with Crippen LogP contribution in [0.2, 0.25) is 0 Å². The number of nitrogens with zero attached hydrogens (tertiary/aromatic N) is 6. The second-order valence-electron chi connectivity index (χ2n) is 7.89. The Morgan fingerprint density at radius 2 is 2.00 bits per heavy atom. The molecule has 0 aromatic carbocycles. The van der Waals surface area contributed by atoms with Crippen molar-refractivity contribution in [1.29, 1.82) is 0 Å². The van der Waals surface area contributed by atoms with E-state index in [2.05, 4.69) is 24.8 Å². The molecule has 0 bridgehead atoms. The van der Waals surface area contributed by atoms with Gasteiger partial charge in [0, 0.05) is 43.9 Å². The highest BCUT2D eigenvalue weighted by atomic mass is 16.2. The molecule has 2 fully saturated rings. The molecule has 2 aromatic rings. The second kappa shape index (κ2) is 7.21. The average Bonchev–Trinajstić information content (AvgIpc) is 2.67. The Kier molecular flexibility index (Phi) is 4.76. The minimum absolute atomic E-state index is 0.128. The van der Waals surface area contributed by atoms with Crippen molar-refractivity contribution < 1.29 is 4.79 Å². The third kappa shape index (κ3) is 3.91. The lowest BCUT2D eigenvalue weighted by Crippen LogP contribution is -2.54. The van der Waals surface area contributed by atoms with E-state index in [1.54, 1.807) is 12.4 Å². The molecule has 1 spiro atoms. The number of carbonyl (C=O) groups is 1. The molecule has 1 unspecified atom stereocenters. The minimum Gasteiger partial charge on any atom is -0.356 e. The molecule has 2 saturated heterocycles. The zero-order valence-electron chi connectivity index (χ0n) is 16.1. The van der Waals surface area contributed by atoms with Crippen molar-refractivity contribution in [2.24, 2.45) is 5.41 Å². The quantitative estimate of drug-likeness (QED) is 0.830. The molecule has 1 atom stereocenters. The number of carbonyl (C=O) groups excluding carboxylic acids is 1. The van der Waals surface area contributed by atoms with E-state index in [1.165, 1.54) is 0 Å². The molecule has 0 radical (unpaired) electrons. The van der Waals surface area contributed by atoms with Gasteiger partial charge in [-0.25, -0.2) is 9.97 Å². The Morgan fingerprint density at radius 1 is 1.11 bits per heavy atom. The first-order valence-electron chi connectivity index (χ1n) is 9.63. The minimum atomic E-state index is 0.128. The van der Waals surface area contributed by atoms with Crippen LogP contribution >= 0.6 is 0 Å². The van der Waals surface area contributed by atoms with E-state index in [0.29, 0.717) is 13.0 Å². The Labute approximate surface area is 159 Å². The van der Waals surface area contributed by atoms with Gasteiger partial charge in [-0.1, -0.05) is 0 Å². The van der Waals surface area contributed by atoms with E-state index in [-0.39, 0.29) is 11.3 Å². The fourth-order valence-electron chi connectivity index (χ4n) is 4.30. The predicted molar refractivity (Wildman–Crippen MR) is 102 cm³/mol. The van der Waals surface area contributed by atoms with Gasteiger partial charge in [-0.3, -0.25) is 14.8 Å². The summed E-state index contributed by atoms with van der Waals surface area (Å²) in [6.07, 6.45) is 9.19. The molecule has 1 amide bonds. The molecule has 4 rings (SSSR count). The topological polar surface area (TPSA) is 75.1 Å². The maximum Gasteiger partial charge on any atom is 0.222 e. The molecule has 0 saturated carbocycles. The molecule has 2 aliphatic rings. The SMILES string of the molecule is Cc1cnc(CN2CC3(CCCN(c4ccnc(C)n4)C3)CCC2=O)cn1. The summed E-state index contributed by atoms with van der Waals surface area (Å²) in [5.74, 6) is 2.01. The van der Waals surface area contributed by atoms with Crippen molar-refractivity contribution in [2.45, 2.75) is 46.1 Å². The fourth-order valence-corrected chi connectivity index (χ4v) is 4.30. The van der Waals surface area contributed by atoms with Crippen molar-refractivity contribution >= 4 is 11.7 Å². The summed E-state index contributed by atoms with van der Waals surface area (Å²) in [4.78, 5) is 34.4. The van der Waals surface area contributed by atoms with Crippen LogP contribution in [-0.2, 0) is 11.3 Å². The van der Waals surface area contributed by atoms with E-state index in [1.807, 2.05) is 31.0 Å². The maximum atomic E-state index is 12.5. The van der Waals surface area contributed by atoms with Gasteiger partial charge in [-0.05, 0) is 39.2 Å². The Bertz CT molecular complexity index is 823.